The summed E-state index contributed by atoms with van der Waals surface area (Å²) in [6, 6.07) is 13.5. The fourth-order valence-electron chi connectivity index (χ4n) is 2.47. The maximum atomic E-state index is 12.0. The van der Waals surface area contributed by atoms with Gasteiger partial charge in [0.25, 0.3) is 0 Å². The van der Waals surface area contributed by atoms with E-state index in [2.05, 4.69) is 17.2 Å². The number of ether oxygens (including phenoxy) is 1. The highest BCUT2D eigenvalue weighted by molar-refractivity contribution is 7.13. The minimum absolute atomic E-state index is 0.492. The number of pyridine rings is 1. The minimum Gasteiger partial charge on any atom is -0.399 e. The Labute approximate surface area is 145 Å². The van der Waals surface area contributed by atoms with Crippen LogP contribution in [0.15, 0.2) is 48.7 Å². The molecular formula is C19H20N2O2S. The monoisotopic (exact) mass is 340 g/mol. The summed E-state index contributed by atoms with van der Waals surface area (Å²) in [6.45, 7) is 2.19. The number of para-hydroxylation sites is 1. The van der Waals surface area contributed by atoms with Crippen molar-refractivity contribution in [3.8, 4) is 5.06 Å². The number of fused-ring (bicyclic) bond motifs is 1. The summed E-state index contributed by atoms with van der Waals surface area (Å²) < 4.78 is 5.36. The molecule has 0 aliphatic rings. The average molecular weight is 340 g/mol. The van der Waals surface area contributed by atoms with E-state index in [9.17, 15) is 4.79 Å². The molecule has 0 aliphatic carbocycles. The lowest BCUT2D eigenvalue weighted by Crippen LogP contribution is -2.16. The van der Waals surface area contributed by atoms with Crippen LogP contribution in [0.4, 0.5) is 10.5 Å². The molecule has 0 saturated heterocycles. The number of benzene rings is 1. The molecule has 0 fully saturated rings. The molecule has 1 amide bonds. The number of carbonyl (C=O) groups excluding carboxylic acids is 1. The van der Waals surface area contributed by atoms with Gasteiger partial charge >= 0.3 is 6.09 Å². The molecule has 3 rings (SSSR count). The zero-order valence-electron chi connectivity index (χ0n) is 13.6. The number of amides is 1. The molecule has 5 heteroatoms. The van der Waals surface area contributed by atoms with E-state index in [1.165, 1.54) is 35.5 Å². The first-order valence-corrected chi connectivity index (χ1v) is 8.98. The van der Waals surface area contributed by atoms with Gasteiger partial charge < -0.3 is 4.74 Å². The summed E-state index contributed by atoms with van der Waals surface area (Å²) in [5.41, 5.74) is 1.52. The van der Waals surface area contributed by atoms with Crippen LogP contribution in [0.5, 0.6) is 5.06 Å². The van der Waals surface area contributed by atoms with Crippen molar-refractivity contribution in [3.05, 3.63) is 53.5 Å². The van der Waals surface area contributed by atoms with E-state index in [4.69, 9.17) is 4.74 Å². The predicted octanol–water partition coefficient (Wildman–Crippen LogP) is 5.64. The number of anilines is 1. The van der Waals surface area contributed by atoms with Crippen LogP contribution in [0, 0.1) is 0 Å². The van der Waals surface area contributed by atoms with Crippen molar-refractivity contribution < 1.29 is 9.53 Å². The first-order valence-electron chi connectivity index (χ1n) is 8.17. The summed E-state index contributed by atoms with van der Waals surface area (Å²) in [5.74, 6) is 0. The lowest BCUT2D eigenvalue weighted by atomic mass is 10.2. The molecule has 0 spiro atoms. The van der Waals surface area contributed by atoms with Gasteiger partial charge in [0.1, 0.15) is 0 Å². The molecule has 124 valence electrons. The number of aromatic nitrogens is 1. The Morgan fingerprint density at radius 2 is 2.08 bits per heavy atom. The third-order valence-electron chi connectivity index (χ3n) is 3.69. The topological polar surface area (TPSA) is 51.2 Å². The van der Waals surface area contributed by atoms with Crippen molar-refractivity contribution in [2.75, 3.05) is 5.32 Å². The molecule has 1 N–H and O–H groups in total. The van der Waals surface area contributed by atoms with Crippen molar-refractivity contribution in [3.63, 3.8) is 0 Å². The van der Waals surface area contributed by atoms with Crippen LogP contribution in [0.3, 0.4) is 0 Å². The number of nitrogens with zero attached hydrogens (tertiary/aromatic N) is 1. The Bertz CT molecular complexity index is 829. The Kier molecular flexibility index (Phi) is 5.43. The molecule has 0 aliphatic heterocycles. The van der Waals surface area contributed by atoms with E-state index in [-0.39, 0.29) is 0 Å². The van der Waals surface area contributed by atoms with E-state index in [1.807, 2.05) is 42.5 Å². The predicted molar refractivity (Wildman–Crippen MR) is 98.9 cm³/mol. The van der Waals surface area contributed by atoms with Crippen LogP contribution < -0.4 is 10.1 Å². The van der Waals surface area contributed by atoms with E-state index < -0.39 is 6.09 Å². The fraction of sp³-hybridized carbons (Fsp3) is 0.263. The highest BCUT2D eigenvalue weighted by Crippen LogP contribution is 2.26. The summed E-state index contributed by atoms with van der Waals surface area (Å²) in [6.07, 6.45) is 5.78. The van der Waals surface area contributed by atoms with Crippen molar-refractivity contribution >= 4 is 34.0 Å². The highest BCUT2D eigenvalue weighted by Gasteiger charge is 2.08. The molecule has 3 aromatic rings. The summed E-state index contributed by atoms with van der Waals surface area (Å²) >= 11 is 1.53. The van der Waals surface area contributed by atoms with Gasteiger partial charge in [-0.25, -0.2) is 4.79 Å². The van der Waals surface area contributed by atoms with E-state index in [1.54, 1.807) is 6.20 Å². The number of hydrogen-bond acceptors (Lipinski definition) is 4. The standard InChI is InChI=1S/C19H20N2O2S/c1-2-3-4-8-16-10-11-18(24-16)23-19(22)21-15-12-14-7-5-6-9-17(14)20-13-15/h5-7,9-13H,2-4,8H2,1H3,(H,21,22). The van der Waals surface area contributed by atoms with E-state index in [0.717, 1.165) is 17.3 Å². The zero-order chi connectivity index (χ0) is 16.8. The molecule has 0 unspecified atom stereocenters. The van der Waals surface area contributed by atoms with Gasteiger partial charge in [-0.2, -0.15) is 0 Å². The van der Waals surface area contributed by atoms with Gasteiger partial charge in [-0.15, -0.1) is 11.3 Å². The Morgan fingerprint density at radius 1 is 1.21 bits per heavy atom. The molecule has 0 radical (unpaired) electrons. The average Bonchev–Trinajstić information content (AvgIpc) is 3.02. The molecule has 2 heterocycles. The van der Waals surface area contributed by atoms with Crippen molar-refractivity contribution in [1.82, 2.24) is 4.98 Å². The normalized spacial score (nSPS) is 10.7. The lowest BCUT2D eigenvalue weighted by Gasteiger charge is -2.05. The van der Waals surface area contributed by atoms with Crippen LogP contribution in [-0.4, -0.2) is 11.1 Å². The summed E-state index contributed by atoms with van der Waals surface area (Å²) in [5, 5.41) is 4.32. The third-order valence-corrected chi connectivity index (χ3v) is 4.72. The fourth-order valence-corrected chi connectivity index (χ4v) is 3.37. The van der Waals surface area contributed by atoms with Gasteiger partial charge in [0.15, 0.2) is 5.06 Å². The number of nitrogens with one attached hydrogen (secondary N) is 1. The van der Waals surface area contributed by atoms with E-state index in [0.29, 0.717) is 10.8 Å². The number of thiophene rings is 1. The van der Waals surface area contributed by atoms with Crippen LogP contribution in [0.1, 0.15) is 31.1 Å². The van der Waals surface area contributed by atoms with Crippen molar-refractivity contribution in [2.24, 2.45) is 0 Å². The Balaban J connectivity index is 1.58. The number of carbonyl (C=O) groups is 1. The molecule has 4 nitrogen and oxygen atoms in total. The quantitative estimate of drug-likeness (QED) is 0.591. The molecule has 0 atom stereocenters. The van der Waals surface area contributed by atoms with Crippen LogP contribution in [-0.2, 0) is 6.42 Å². The summed E-state index contributed by atoms with van der Waals surface area (Å²) in [7, 11) is 0. The smallest absolute Gasteiger partial charge is 0.399 e. The van der Waals surface area contributed by atoms with Gasteiger partial charge in [-0.05, 0) is 37.1 Å². The molecule has 2 aromatic heterocycles. The number of rotatable bonds is 6. The molecule has 24 heavy (non-hydrogen) atoms. The minimum atomic E-state index is -0.492. The SMILES string of the molecule is CCCCCc1ccc(OC(=O)Nc2cnc3ccccc3c2)s1. The lowest BCUT2D eigenvalue weighted by molar-refractivity contribution is 0.216. The first kappa shape index (κ1) is 16.5. The van der Waals surface area contributed by atoms with Crippen LogP contribution >= 0.6 is 11.3 Å². The Morgan fingerprint density at radius 3 is 2.96 bits per heavy atom. The molecule has 1 aromatic carbocycles. The second-order valence-corrected chi connectivity index (χ2v) is 6.74. The van der Waals surface area contributed by atoms with Crippen LogP contribution in [0.25, 0.3) is 10.9 Å². The van der Waals surface area contributed by atoms with E-state index >= 15 is 0 Å². The van der Waals surface area contributed by atoms with Gasteiger partial charge in [0.2, 0.25) is 0 Å². The van der Waals surface area contributed by atoms with Gasteiger partial charge in [0.05, 0.1) is 17.4 Å². The van der Waals surface area contributed by atoms with Gasteiger partial charge in [-0.1, -0.05) is 38.0 Å². The third kappa shape index (κ3) is 4.32. The second kappa shape index (κ2) is 7.93. The molecule has 0 bridgehead atoms. The largest absolute Gasteiger partial charge is 0.417 e. The molecule has 0 saturated carbocycles. The first-order chi connectivity index (χ1) is 11.7. The zero-order valence-corrected chi connectivity index (χ0v) is 14.4. The summed E-state index contributed by atoms with van der Waals surface area (Å²) in [4.78, 5) is 17.6. The number of unbranched alkanes of at least 4 members (excludes halogenated alkanes) is 2. The second-order valence-electron chi connectivity index (χ2n) is 5.61. The van der Waals surface area contributed by atoms with Crippen molar-refractivity contribution in [2.45, 2.75) is 32.6 Å². The number of aryl methyl sites for hydroxylation is 1. The van der Waals surface area contributed by atoms with Crippen molar-refractivity contribution in [1.29, 1.82) is 0 Å². The Hall–Kier alpha value is -2.40. The number of hydrogen-bond donors (Lipinski definition) is 1. The molecular weight excluding hydrogens is 320 g/mol. The maximum absolute atomic E-state index is 12.0. The van der Waals surface area contributed by atoms with Crippen LogP contribution in [0.2, 0.25) is 0 Å². The van der Waals surface area contributed by atoms with Gasteiger partial charge in [0, 0.05) is 10.3 Å². The maximum Gasteiger partial charge on any atom is 0.417 e. The van der Waals surface area contributed by atoms with Gasteiger partial charge in [-0.3, -0.25) is 10.3 Å². The highest BCUT2D eigenvalue weighted by atomic mass is 32.1.